The van der Waals surface area contributed by atoms with Crippen LogP contribution in [-0.2, 0) is 20.4 Å². The van der Waals surface area contributed by atoms with Crippen LogP contribution in [0.4, 0.5) is 18.9 Å². The molecule has 35 heavy (non-hydrogen) atoms. The molecule has 2 heterocycles. The lowest BCUT2D eigenvalue weighted by molar-refractivity contribution is -0.258. The predicted molar refractivity (Wildman–Crippen MR) is 127 cm³/mol. The standard InChI is InChI=1S/C25H31F3N2O4S/c1-24(31,25(26,27)28)20-7-9-21(10-8-20)30-14-13-29(35(32,33)23-5-3-2-4-6-23)18-22(30)17-19-11-15-34-16-12-19/h2-10,19,22,31H,11-18H2,1H3/t22-,24-/m1/s1. The number of rotatable bonds is 6. The zero-order valence-corrected chi connectivity index (χ0v) is 20.4. The van der Waals surface area contributed by atoms with Crippen molar-refractivity contribution in [3.8, 4) is 0 Å². The first-order valence-corrected chi connectivity index (χ1v) is 13.2. The molecule has 2 atom stereocenters. The lowest BCUT2D eigenvalue weighted by Crippen LogP contribution is -2.55. The Labute approximate surface area is 204 Å². The molecule has 6 nitrogen and oxygen atoms in total. The highest BCUT2D eigenvalue weighted by molar-refractivity contribution is 7.89. The van der Waals surface area contributed by atoms with Crippen molar-refractivity contribution in [2.24, 2.45) is 5.92 Å². The van der Waals surface area contributed by atoms with Gasteiger partial charge < -0.3 is 14.7 Å². The van der Waals surface area contributed by atoms with Gasteiger partial charge >= 0.3 is 6.18 Å². The van der Waals surface area contributed by atoms with Gasteiger partial charge in [-0.1, -0.05) is 30.3 Å². The van der Waals surface area contributed by atoms with Crippen LogP contribution in [0, 0.1) is 5.92 Å². The van der Waals surface area contributed by atoms with Gasteiger partial charge in [0.15, 0.2) is 5.60 Å². The van der Waals surface area contributed by atoms with Gasteiger partial charge in [-0.15, -0.1) is 0 Å². The molecule has 2 saturated heterocycles. The van der Waals surface area contributed by atoms with Crippen LogP contribution in [0.2, 0.25) is 0 Å². The molecule has 2 fully saturated rings. The number of sulfonamides is 1. The summed E-state index contributed by atoms with van der Waals surface area (Å²) < 4.78 is 73.3. The van der Waals surface area contributed by atoms with E-state index in [-0.39, 0.29) is 29.6 Å². The number of ether oxygens (including phenoxy) is 1. The van der Waals surface area contributed by atoms with E-state index in [0.717, 1.165) is 26.2 Å². The first kappa shape index (κ1) is 25.9. The van der Waals surface area contributed by atoms with E-state index in [1.807, 2.05) is 0 Å². The third-order valence-corrected chi connectivity index (χ3v) is 8.97. The minimum absolute atomic E-state index is 0.140. The Kier molecular flexibility index (Phi) is 7.47. The zero-order valence-electron chi connectivity index (χ0n) is 19.6. The number of halogens is 3. The number of anilines is 1. The van der Waals surface area contributed by atoms with Gasteiger partial charge in [0.25, 0.3) is 0 Å². The molecule has 4 rings (SSSR count). The Morgan fingerprint density at radius 3 is 2.23 bits per heavy atom. The monoisotopic (exact) mass is 512 g/mol. The Morgan fingerprint density at radius 1 is 1.00 bits per heavy atom. The van der Waals surface area contributed by atoms with E-state index in [4.69, 9.17) is 4.74 Å². The van der Waals surface area contributed by atoms with Crippen molar-refractivity contribution >= 4 is 15.7 Å². The molecule has 1 N–H and O–H groups in total. The SMILES string of the molecule is C[C@@](O)(c1ccc(N2CCN(S(=O)(=O)c3ccccc3)C[C@H]2CC2CCOCC2)cc1)C(F)(F)F. The van der Waals surface area contributed by atoms with Crippen molar-refractivity contribution in [1.29, 1.82) is 0 Å². The van der Waals surface area contributed by atoms with E-state index >= 15 is 0 Å². The first-order chi connectivity index (χ1) is 16.5. The van der Waals surface area contributed by atoms with E-state index in [2.05, 4.69) is 4.90 Å². The second-order valence-corrected chi connectivity index (χ2v) is 11.4. The van der Waals surface area contributed by atoms with Gasteiger partial charge in [0, 0.05) is 44.6 Å². The van der Waals surface area contributed by atoms with Crippen molar-refractivity contribution in [2.75, 3.05) is 37.7 Å². The van der Waals surface area contributed by atoms with Gasteiger partial charge in [-0.3, -0.25) is 0 Å². The number of piperazine rings is 1. The molecular weight excluding hydrogens is 481 g/mol. The summed E-state index contributed by atoms with van der Waals surface area (Å²) in [5, 5.41) is 10.0. The Morgan fingerprint density at radius 2 is 1.63 bits per heavy atom. The molecule has 0 radical (unpaired) electrons. The van der Waals surface area contributed by atoms with E-state index < -0.39 is 21.8 Å². The minimum atomic E-state index is -4.79. The van der Waals surface area contributed by atoms with Crippen LogP contribution in [0.3, 0.4) is 0 Å². The van der Waals surface area contributed by atoms with E-state index in [0.29, 0.717) is 31.4 Å². The summed E-state index contributed by atoms with van der Waals surface area (Å²) in [5.74, 6) is 0.376. The van der Waals surface area contributed by atoms with Crippen molar-refractivity contribution in [3.63, 3.8) is 0 Å². The zero-order chi connectivity index (χ0) is 25.3. The summed E-state index contributed by atoms with van der Waals surface area (Å²) in [5.41, 5.74) is -2.48. The topological polar surface area (TPSA) is 70.1 Å². The maximum absolute atomic E-state index is 13.3. The largest absolute Gasteiger partial charge is 0.421 e. The molecular formula is C25H31F3N2O4S. The van der Waals surface area contributed by atoms with E-state index in [9.17, 15) is 26.7 Å². The summed E-state index contributed by atoms with van der Waals surface area (Å²) in [6.45, 7) is 3.05. The van der Waals surface area contributed by atoms with Crippen LogP contribution in [0.25, 0.3) is 0 Å². The molecule has 0 aromatic heterocycles. The van der Waals surface area contributed by atoms with Crippen LogP contribution < -0.4 is 4.90 Å². The fourth-order valence-corrected chi connectivity index (χ4v) is 6.33. The van der Waals surface area contributed by atoms with Crippen molar-refractivity contribution in [1.82, 2.24) is 4.31 Å². The van der Waals surface area contributed by atoms with Gasteiger partial charge in [-0.2, -0.15) is 17.5 Å². The average molecular weight is 513 g/mol. The molecule has 0 saturated carbocycles. The third kappa shape index (κ3) is 5.50. The van der Waals surface area contributed by atoms with Crippen molar-refractivity contribution in [3.05, 3.63) is 60.2 Å². The molecule has 192 valence electrons. The molecule has 0 aliphatic carbocycles. The smallest absolute Gasteiger partial charge is 0.381 e. The Bertz CT molecular complexity index is 1090. The number of hydrogen-bond donors (Lipinski definition) is 1. The number of hydrogen-bond acceptors (Lipinski definition) is 5. The summed E-state index contributed by atoms with van der Waals surface area (Å²) in [6.07, 6.45) is -2.25. The maximum Gasteiger partial charge on any atom is 0.421 e. The first-order valence-electron chi connectivity index (χ1n) is 11.8. The van der Waals surface area contributed by atoms with E-state index in [1.54, 1.807) is 42.5 Å². The molecule has 2 aromatic rings. The van der Waals surface area contributed by atoms with Crippen molar-refractivity contribution < 1.29 is 31.4 Å². The highest BCUT2D eigenvalue weighted by atomic mass is 32.2. The van der Waals surface area contributed by atoms with Crippen LogP contribution in [-0.4, -0.2) is 62.9 Å². The lowest BCUT2D eigenvalue weighted by Gasteiger charge is -2.44. The maximum atomic E-state index is 13.3. The van der Waals surface area contributed by atoms with Crippen LogP contribution in [0.1, 0.15) is 31.7 Å². The number of alkyl halides is 3. The third-order valence-electron chi connectivity index (χ3n) is 7.09. The second kappa shape index (κ2) is 10.1. The molecule has 0 amide bonds. The van der Waals surface area contributed by atoms with Crippen molar-refractivity contribution in [2.45, 2.75) is 48.9 Å². The average Bonchev–Trinajstić information content (AvgIpc) is 2.84. The highest BCUT2D eigenvalue weighted by Crippen LogP contribution is 2.39. The van der Waals surface area contributed by atoms with Gasteiger partial charge in [0.2, 0.25) is 10.0 Å². The fourth-order valence-electron chi connectivity index (χ4n) is 4.84. The molecule has 10 heteroatoms. The van der Waals surface area contributed by atoms with Crippen LogP contribution in [0.15, 0.2) is 59.5 Å². The molecule has 0 spiro atoms. The number of nitrogens with zero attached hydrogens (tertiary/aromatic N) is 2. The highest BCUT2D eigenvalue weighted by Gasteiger charge is 2.51. The Hall–Kier alpha value is -2.14. The number of aliphatic hydroxyl groups is 1. The van der Waals surface area contributed by atoms with Gasteiger partial charge in [-0.05, 0) is 61.9 Å². The van der Waals surface area contributed by atoms with Gasteiger partial charge in [0.1, 0.15) is 0 Å². The quantitative estimate of drug-likeness (QED) is 0.630. The Balaban J connectivity index is 1.59. The fraction of sp³-hybridized carbons (Fsp3) is 0.520. The normalized spacial score (nSPS) is 22.7. The second-order valence-electron chi connectivity index (χ2n) is 9.43. The summed E-state index contributed by atoms with van der Waals surface area (Å²) in [6, 6.07) is 13.9. The van der Waals surface area contributed by atoms with Crippen LogP contribution >= 0.6 is 0 Å². The van der Waals surface area contributed by atoms with Crippen LogP contribution in [0.5, 0.6) is 0 Å². The summed E-state index contributed by atoms with van der Waals surface area (Å²) in [7, 11) is -3.66. The summed E-state index contributed by atoms with van der Waals surface area (Å²) >= 11 is 0. The van der Waals surface area contributed by atoms with Gasteiger partial charge in [0.05, 0.1) is 4.90 Å². The molecule has 0 unspecified atom stereocenters. The summed E-state index contributed by atoms with van der Waals surface area (Å²) in [4.78, 5) is 2.33. The molecule has 0 bridgehead atoms. The minimum Gasteiger partial charge on any atom is -0.381 e. The molecule has 2 aliphatic rings. The molecule has 2 aliphatic heterocycles. The lowest BCUT2D eigenvalue weighted by atomic mass is 9.90. The van der Waals surface area contributed by atoms with E-state index in [1.165, 1.54) is 16.4 Å². The van der Waals surface area contributed by atoms with Gasteiger partial charge in [-0.25, -0.2) is 8.42 Å². The molecule has 2 aromatic carbocycles. The number of benzene rings is 2. The predicted octanol–water partition coefficient (Wildman–Crippen LogP) is 4.15.